The fourth-order valence-electron chi connectivity index (χ4n) is 2.50. The summed E-state index contributed by atoms with van der Waals surface area (Å²) in [4.78, 5) is 12.4. The first-order valence-electron chi connectivity index (χ1n) is 6.55. The van der Waals surface area contributed by atoms with Gasteiger partial charge in [-0.05, 0) is 42.3 Å². The first-order valence-corrected chi connectivity index (χ1v) is 6.55. The first-order chi connectivity index (χ1) is 9.65. The molecule has 1 heterocycles. The minimum Gasteiger partial charge on any atom is -0.384 e. The van der Waals surface area contributed by atoms with Crippen molar-refractivity contribution in [1.82, 2.24) is 0 Å². The topological polar surface area (TPSA) is 41.1 Å². The molecule has 1 aliphatic heterocycles. The number of para-hydroxylation sites is 1. The number of aryl methyl sites for hydroxylation is 1. The largest absolute Gasteiger partial charge is 0.384 e. The van der Waals surface area contributed by atoms with Gasteiger partial charge in [0.2, 0.25) is 5.91 Å². The number of fused-ring (bicyclic) bond motifs is 1. The lowest BCUT2D eigenvalue weighted by atomic mass is 10.0. The highest BCUT2D eigenvalue weighted by Crippen LogP contribution is 2.32. The van der Waals surface area contributed by atoms with Gasteiger partial charge in [-0.25, -0.2) is 4.39 Å². The molecule has 1 unspecified atom stereocenters. The molecule has 0 radical (unpaired) electrons. The molecule has 0 spiro atoms. The molecule has 1 amide bonds. The van der Waals surface area contributed by atoms with Gasteiger partial charge < -0.3 is 10.6 Å². The summed E-state index contributed by atoms with van der Waals surface area (Å²) in [6.07, 6.45) is 0. The second kappa shape index (κ2) is 4.96. The van der Waals surface area contributed by atoms with Gasteiger partial charge in [-0.2, -0.15) is 0 Å². The molecule has 2 N–H and O–H groups in total. The molecule has 4 heteroatoms. The van der Waals surface area contributed by atoms with Crippen LogP contribution in [-0.4, -0.2) is 12.5 Å². The Balaban J connectivity index is 1.81. The van der Waals surface area contributed by atoms with Crippen LogP contribution in [0.5, 0.6) is 0 Å². The Morgan fingerprint density at radius 3 is 2.90 bits per heavy atom. The summed E-state index contributed by atoms with van der Waals surface area (Å²) in [5, 5.41) is 6.09. The van der Waals surface area contributed by atoms with E-state index in [9.17, 15) is 9.18 Å². The van der Waals surface area contributed by atoms with Gasteiger partial charge in [0.05, 0.1) is 5.92 Å². The Kier molecular flexibility index (Phi) is 3.14. The summed E-state index contributed by atoms with van der Waals surface area (Å²) >= 11 is 0. The predicted octanol–water partition coefficient (Wildman–Crippen LogP) is 3.28. The van der Waals surface area contributed by atoms with Crippen molar-refractivity contribution in [1.29, 1.82) is 0 Å². The molecule has 102 valence electrons. The maximum Gasteiger partial charge on any atom is 0.233 e. The fourth-order valence-corrected chi connectivity index (χ4v) is 2.50. The van der Waals surface area contributed by atoms with Crippen molar-refractivity contribution in [3.8, 4) is 0 Å². The Labute approximate surface area is 116 Å². The lowest BCUT2D eigenvalue weighted by Gasteiger charge is -2.13. The lowest BCUT2D eigenvalue weighted by molar-refractivity contribution is -0.117. The van der Waals surface area contributed by atoms with Gasteiger partial charge in [0.15, 0.2) is 0 Å². The van der Waals surface area contributed by atoms with Crippen molar-refractivity contribution in [2.45, 2.75) is 12.8 Å². The molecular weight excluding hydrogens is 255 g/mol. The Morgan fingerprint density at radius 2 is 2.10 bits per heavy atom. The van der Waals surface area contributed by atoms with Crippen molar-refractivity contribution < 1.29 is 9.18 Å². The van der Waals surface area contributed by atoms with E-state index in [4.69, 9.17) is 0 Å². The molecule has 20 heavy (non-hydrogen) atoms. The van der Waals surface area contributed by atoms with Gasteiger partial charge >= 0.3 is 0 Å². The second-order valence-corrected chi connectivity index (χ2v) is 4.97. The van der Waals surface area contributed by atoms with Gasteiger partial charge in [0.1, 0.15) is 5.82 Å². The number of carbonyl (C=O) groups is 1. The Morgan fingerprint density at radius 1 is 1.30 bits per heavy atom. The number of halogens is 1. The van der Waals surface area contributed by atoms with Gasteiger partial charge in [-0.3, -0.25) is 4.79 Å². The number of nitrogens with one attached hydrogen (secondary N) is 2. The predicted molar refractivity (Wildman–Crippen MR) is 77.4 cm³/mol. The van der Waals surface area contributed by atoms with Crippen molar-refractivity contribution in [2.75, 3.05) is 17.2 Å². The summed E-state index contributed by atoms with van der Waals surface area (Å²) < 4.78 is 13.1. The van der Waals surface area contributed by atoms with Gasteiger partial charge in [-0.15, -0.1) is 0 Å². The van der Waals surface area contributed by atoms with Crippen LogP contribution in [0.1, 0.15) is 17.0 Å². The molecule has 0 aliphatic carbocycles. The van der Waals surface area contributed by atoms with E-state index in [2.05, 4.69) is 10.6 Å². The number of anilines is 2. The molecule has 0 saturated carbocycles. The van der Waals surface area contributed by atoms with E-state index in [0.717, 1.165) is 16.8 Å². The number of hydrogen-bond donors (Lipinski definition) is 2. The van der Waals surface area contributed by atoms with E-state index < -0.39 is 0 Å². The molecule has 0 aromatic heterocycles. The summed E-state index contributed by atoms with van der Waals surface area (Å²) in [6, 6.07) is 12.1. The number of rotatable bonds is 2. The van der Waals surface area contributed by atoms with E-state index in [1.165, 1.54) is 12.1 Å². The fraction of sp³-hybridized carbons (Fsp3) is 0.188. The quantitative estimate of drug-likeness (QED) is 0.879. The van der Waals surface area contributed by atoms with Gasteiger partial charge in [-0.1, -0.05) is 18.2 Å². The highest BCUT2D eigenvalue weighted by atomic mass is 19.1. The highest BCUT2D eigenvalue weighted by molar-refractivity contribution is 5.98. The van der Waals surface area contributed by atoms with Crippen LogP contribution >= 0.6 is 0 Å². The average Bonchev–Trinajstić information content (AvgIpc) is 2.86. The van der Waals surface area contributed by atoms with Crippen LogP contribution in [0.25, 0.3) is 0 Å². The number of benzene rings is 2. The molecule has 0 fully saturated rings. The van der Waals surface area contributed by atoms with Crippen LogP contribution in [0.2, 0.25) is 0 Å². The van der Waals surface area contributed by atoms with Gasteiger partial charge in [0, 0.05) is 17.9 Å². The average molecular weight is 270 g/mol. The maximum absolute atomic E-state index is 13.1. The van der Waals surface area contributed by atoms with Gasteiger partial charge in [0.25, 0.3) is 0 Å². The first kappa shape index (κ1) is 12.7. The third-order valence-corrected chi connectivity index (χ3v) is 3.60. The number of carbonyl (C=O) groups excluding carboxylic acids is 1. The van der Waals surface area contributed by atoms with Crippen molar-refractivity contribution >= 4 is 17.3 Å². The molecule has 0 saturated heterocycles. The molecule has 1 aliphatic rings. The number of hydrogen-bond acceptors (Lipinski definition) is 2. The summed E-state index contributed by atoms with van der Waals surface area (Å²) in [6.45, 7) is 2.37. The molecule has 3 nitrogen and oxygen atoms in total. The van der Waals surface area contributed by atoms with E-state index in [1.54, 1.807) is 13.0 Å². The summed E-state index contributed by atoms with van der Waals surface area (Å²) in [5.41, 5.74) is 3.38. The Bertz CT molecular complexity index is 669. The summed E-state index contributed by atoms with van der Waals surface area (Å²) in [7, 11) is 0. The van der Waals surface area contributed by atoms with Crippen LogP contribution in [0.3, 0.4) is 0 Å². The third-order valence-electron chi connectivity index (χ3n) is 3.60. The monoisotopic (exact) mass is 270 g/mol. The maximum atomic E-state index is 13.1. The van der Waals surface area contributed by atoms with E-state index >= 15 is 0 Å². The molecule has 3 rings (SSSR count). The molecule has 2 aromatic rings. The second-order valence-electron chi connectivity index (χ2n) is 4.97. The van der Waals surface area contributed by atoms with Crippen molar-refractivity contribution in [3.63, 3.8) is 0 Å². The third kappa shape index (κ3) is 2.25. The molecule has 2 aromatic carbocycles. The molecule has 0 bridgehead atoms. The highest BCUT2D eigenvalue weighted by Gasteiger charge is 2.28. The zero-order valence-corrected chi connectivity index (χ0v) is 11.1. The minimum absolute atomic E-state index is 0.0721. The van der Waals surface area contributed by atoms with Crippen LogP contribution in [0, 0.1) is 12.7 Å². The van der Waals surface area contributed by atoms with Crippen LogP contribution in [-0.2, 0) is 4.79 Å². The molecule has 1 atom stereocenters. The zero-order valence-electron chi connectivity index (χ0n) is 11.1. The standard InChI is InChI=1S/C16H15FN2O/c1-10-8-11(17)6-7-14(10)19-16(20)13-9-18-15-5-3-2-4-12(13)15/h2-8,13,18H,9H2,1H3,(H,19,20). The summed E-state index contributed by atoms with van der Waals surface area (Å²) in [5.74, 6) is -0.582. The lowest BCUT2D eigenvalue weighted by Crippen LogP contribution is -2.22. The van der Waals surface area contributed by atoms with Crippen LogP contribution in [0.4, 0.5) is 15.8 Å². The van der Waals surface area contributed by atoms with Crippen LogP contribution in [0.15, 0.2) is 42.5 Å². The smallest absolute Gasteiger partial charge is 0.233 e. The van der Waals surface area contributed by atoms with E-state index in [0.29, 0.717) is 12.2 Å². The Hall–Kier alpha value is -2.36. The van der Waals surface area contributed by atoms with Crippen molar-refractivity contribution in [2.24, 2.45) is 0 Å². The van der Waals surface area contributed by atoms with Crippen molar-refractivity contribution in [3.05, 3.63) is 59.4 Å². The SMILES string of the molecule is Cc1cc(F)ccc1NC(=O)C1CNc2ccccc21. The van der Waals surface area contributed by atoms with E-state index in [-0.39, 0.29) is 17.6 Å². The normalized spacial score (nSPS) is 16.4. The zero-order chi connectivity index (χ0) is 14.1. The van der Waals surface area contributed by atoms with E-state index in [1.807, 2.05) is 24.3 Å². The molecular formula is C16H15FN2O. The number of amides is 1. The minimum atomic E-state index is -0.298. The van der Waals surface area contributed by atoms with Crippen LogP contribution < -0.4 is 10.6 Å².